The molecule has 0 aromatic rings. The van der Waals surface area contributed by atoms with E-state index in [4.69, 9.17) is 22.8 Å². The van der Waals surface area contributed by atoms with Crippen LogP contribution in [0.5, 0.6) is 0 Å². The molecule has 0 N–H and O–H groups in total. The molecule has 6 heteroatoms. The minimum absolute atomic E-state index is 0.351. The van der Waals surface area contributed by atoms with Crippen LogP contribution in [0.4, 0.5) is 0 Å². The second-order valence-electron chi connectivity index (χ2n) is 4.24. The van der Waals surface area contributed by atoms with Crippen molar-refractivity contribution in [2.24, 2.45) is 0 Å². The van der Waals surface area contributed by atoms with Crippen molar-refractivity contribution in [2.45, 2.75) is 38.8 Å². The predicted octanol–water partition coefficient (Wildman–Crippen LogP) is 1.84. The first-order valence-corrected chi connectivity index (χ1v) is 8.72. The fourth-order valence-corrected chi connectivity index (χ4v) is 4.14. The third kappa shape index (κ3) is 6.26. The van der Waals surface area contributed by atoms with Gasteiger partial charge in [0.1, 0.15) is 6.10 Å². The quantitative estimate of drug-likeness (QED) is 0.310. The van der Waals surface area contributed by atoms with Crippen LogP contribution in [-0.2, 0) is 22.8 Å². The Morgan fingerprint density at radius 3 is 2.33 bits per heavy atom. The SMILES string of the molecule is CCO[Si](CCCCOCC1CO1)(OC)OCC. The lowest BCUT2D eigenvalue weighted by Gasteiger charge is -2.27. The van der Waals surface area contributed by atoms with E-state index in [0.717, 1.165) is 38.7 Å². The van der Waals surface area contributed by atoms with Crippen LogP contribution < -0.4 is 0 Å². The molecule has 1 heterocycles. The first-order chi connectivity index (χ1) is 8.76. The summed E-state index contributed by atoms with van der Waals surface area (Å²) < 4.78 is 27.5. The van der Waals surface area contributed by atoms with Crippen molar-refractivity contribution in [1.29, 1.82) is 0 Å². The molecule has 0 saturated carbocycles. The van der Waals surface area contributed by atoms with Gasteiger partial charge in [-0.25, -0.2) is 0 Å². The summed E-state index contributed by atoms with van der Waals surface area (Å²) in [5, 5.41) is 0. The molecule has 1 saturated heterocycles. The summed E-state index contributed by atoms with van der Waals surface area (Å²) in [6, 6.07) is 0.856. The van der Waals surface area contributed by atoms with Crippen LogP contribution in [0.1, 0.15) is 26.7 Å². The highest BCUT2D eigenvalue weighted by Crippen LogP contribution is 2.18. The number of ether oxygens (including phenoxy) is 2. The first kappa shape index (κ1) is 16.1. The van der Waals surface area contributed by atoms with Gasteiger partial charge >= 0.3 is 8.80 Å². The summed E-state index contributed by atoms with van der Waals surface area (Å²) in [6.45, 7) is 7.56. The van der Waals surface area contributed by atoms with Crippen molar-refractivity contribution in [3.05, 3.63) is 0 Å². The lowest BCUT2D eigenvalue weighted by molar-refractivity contribution is 0.0831. The van der Waals surface area contributed by atoms with E-state index in [0.29, 0.717) is 19.3 Å². The summed E-state index contributed by atoms with van der Waals surface area (Å²) >= 11 is 0. The Morgan fingerprint density at radius 2 is 1.83 bits per heavy atom. The van der Waals surface area contributed by atoms with Crippen molar-refractivity contribution in [1.82, 2.24) is 0 Å². The van der Waals surface area contributed by atoms with E-state index < -0.39 is 8.80 Å². The molecule has 0 spiro atoms. The van der Waals surface area contributed by atoms with Gasteiger partial charge in [-0.05, 0) is 26.7 Å². The monoisotopic (exact) mass is 278 g/mol. The Kier molecular flexibility index (Phi) is 8.04. The zero-order valence-electron chi connectivity index (χ0n) is 11.8. The lowest BCUT2D eigenvalue weighted by atomic mass is 10.3. The van der Waals surface area contributed by atoms with Gasteiger partial charge in [-0.15, -0.1) is 0 Å². The average molecular weight is 278 g/mol. The number of hydrogen-bond donors (Lipinski definition) is 0. The normalized spacial score (nSPS) is 19.2. The number of rotatable bonds is 12. The summed E-state index contributed by atoms with van der Waals surface area (Å²) in [5.41, 5.74) is 0. The highest BCUT2D eigenvalue weighted by atomic mass is 28.4. The van der Waals surface area contributed by atoms with Crippen molar-refractivity contribution in [3.63, 3.8) is 0 Å². The molecule has 0 aromatic heterocycles. The van der Waals surface area contributed by atoms with Gasteiger partial charge in [0.15, 0.2) is 0 Å². The Balaban J connectivity index is 2.10. The summed E-state index contributed by atoms with van der Waals surface area (Å²) in [6.07, 6.45) is 2.36. The van der Waals surface area contributed by atoms with Gasteiger partial charge in [-0.1, -0.05) is 0 Å². The second-order valence-corrected chi connectivity index (χ2v) is 7.09. The molecule has 1 rings (SSSR count). The highest BCUT2D eigenvalue weighted by Gasteiger charge is 2.38. The zero-order valence-corrected chi connectivity index (χ0v) is 12.8. The van der Waals surface area contributed by atoms with Crippen molar-refractivity contribution in [2.75, 3.05) is 40.1 Å². The second kappa shape index (κ2) is 9.01. The Hall–Kier alpha value is 0.0169. The molecule has 1 unspecified atom stereocenters. The molecule has 0 amide bonds. The van der Waals surface area contributed by atoms with Crippen molar-refractivity contribution >= 4 is 8.80 Å². The van der Waals surface area contributed by atoms with Crippen LogP contribution >= 0.6 is 0 Å². The fourth-order valence-electron chi connectivity index (χ4n) is 1.77. The summed E-state index contributed by atoms with van der Waals surface area (Å²) in [7, 11) is -0.740. The average Bonchev–Trinajstić information content (AvgIpc) is 3.18. The van der Waals surface area contributed by atoms with Gasteiger partial charge in [-0.2, -0.15) is 0 Å². The fraction of sp³-hybridized carbons (Fsp3) is 1.00. The highest BCUT2D eigenvalue weighted by molar-refractivity contribution is 6.60. The predicted molar refractivity (Wildman–Crippen MR) is 70.6 cm³/mol. The van der Waals surface area contributed by atoms with E-state index in [-0.39, 0.29) is 0 Å². The van der Waals surface area contributed by atoms with Crippen molar-refractivity contribution in [3.8, 4) is 0 Å². The zero-order chi connectivity index (χ0) is 13.3. The smallest absolute Gasteiger partial charge is 0.379 e. The lowest BCUT2D eigenvalue weighted by Crippen LogP contribution is -2.44. The van der Waals surface area contributed by atoms with Crippen LogP contribution in [0.15, 0.2) is 0 Å². The largest absolute Gasteiger partial charge is 0.500 e. The molecule has 1 aliphatic rings. The molecule has 18 heavy (non-hydrogen) atoms. The van der Waals surface area contributed by atoms with Gasteiger partial charge in [0.05, 0.1) is 13.2 Å². The summed E-state index contributed by atoms with van der Waals surface area (Å²) in [4.78, 5) is 0. The van der Waals surface area contributed by atoms with Crippen LogP contribution in [0, 0.1) is 0 Å². The van der Waals surface area contributed by atoms with Gasteiger partial charge in [0.2, 0.25) is 0 Å². The molecule has 0 aromatic carbocycles. The van der Waals surface area contributed by atoms with Crippen LogP contribution in [0.25, 0.3) is 0 Å². The standard InChI is InChI=1S/C12H26O5Si/c1-4-16-18(13-3,17-5-2)9-7-6-8-14-10-12-11-15-12/h12H,4-11H2,1-3H3. The van der Waals surface area contributed by atoms with Gasteiger partial charge < -0.3 is 22.8 Å². The van der Waals surface area contributed by atoms with Gasteiger partial charge in [-0.3, -0.25) is 0 Å². The van der Waals surface area contributed by atoms with E-state index >= 15 is 0 Å². The molecule has 0 radical (unpaired) electrons. The minimum Gasteiger partial charge on any atom is -0.379 e. The first-order valence-electron chi connectivity index (χ1n) is 6.78. The maximum absolute atomic E-state index is 5.71. The molecule has 1 atom stereocenters. The Labute approximate surface area is 111 Å². The van der Waals surface area contributed by atoms with Crippen LogP contribution in [0.2, 0.25) is 6.04 Å². The molecule has 5 nitrogen and oxygen atoms in total. The molecular formula is C12H26O5Si. The maximum atomic E-state index is 5.71. The topological polar surface area (TPSA) is 49.5 Å². The Bertz CT molecular complexity index is 205. The van der Waals surface area contributed by atoms with Gasteiger partial charge in [0.25, 0.3) is 0 Å². The number of hydrogen-bond acceptors (Lipinski definition) is 5. The number of epoxide rings is 1. The van der Waals surface area contributed by atoms with Gasteiger partial charge in [0, 0.05) is 33.0 Å². The third-order valence-electron chi connectivity index (χ3n) is 2.77. The summed E-state index contributed by atoms with van der Waals surface area (Å²) in [5.74, 6) is 0. The number of unbranched alkanes of at least 4 members (excludes halogenated alkanes) is 1. The third-order valence-corrected chi connectivity index (χ3v) is 5.81. The van der Waals surface area contributed by atoms with Crippen molar-refractivity contribution < 1.29 is 22.8 Å². The van der Waals surface area contributed by atoms with Crippen LogP contribution in [0.3, 0.4) is 0 Å². The molecule has 0 aliphatic carbocycles. The molecule has 1 fully saturated rings. The van der Waals surface area contributed by atoms with Crippen LogP contribution in [-0.4, -0.2) is 55.1 Å². The Morgan fingerprint density at radius 1 is 1.17 bits per heavy atom. The molecule has 1 aliphatic heterocycles. The minimum atomic E-state index is -2.42. The molecular weight excluding hydrogens is 252 g/mol. The van der Waals surface area contributed by atoms with E-state index in [2.05, 4.69) is 0 Å². The van der Waals surface area contributed by atoms with E-state index in [1.165, 1.54) is 0 Å². The maximum Gasteiger partial charge on any atom is 0.500 e. The van der Waals surface area contributed by atoms with E-state index in [1.807, 2.05) is 13.8 Å². The molecule has 0 bridgehead atoms. The van der Waals surface area contributed by atoms with E-state index in [1.54, 1.807) is 7.11 Å². The van der Waals surface area contributed by atoms with E-state index in [9.17, 15) is 0 Å². The molecule has 108 valence electrons.